The fourth-order valence-electron chi connectivity index (χ4n) is 2.46. The molecule has 0 amide bonds. The molecule has 0 atom stereocenters. The number of pyridine rings is 1. The zero-order valence-corrected chi connectivity index (χ0v) is 13.5. The monoisotopic (exact) mass is 335 g/mol. The van der Waals surface area contributed by atoms with E-state index >= 15 is 0 Å². The van der Waals surface area contributed by atoms with Crippen LogP contribution in [0.15, 0.2) is 77.7 Å². The van der Waals surface area contributed by atoms with Gasteiger partial charge in [0.1, 0.15) is 0 Å². The molecule has 0 aliphatic carbocycles. The van der Waals surface area contributed by atoms with Crippen LogP contribution in [-0.2, 0) is 13.1 Å². The highest BCUT2D eigenvalue weighted by Crippen LogP contribution is 2.16. The lowest BCUT2D eigenvalue weighted by molar-refractivity contribution is -0.384. The topological polar surface area (TPSA) is 77.2 Å². The quantitative estimate of drug-likeness (QED) is 0.553. The van der Waals surface area contributed by atoms with E-state index in [0.29, 0.717) is 13.1 Å². The Labute approximate surface area is 144 Å². The van der Waals surface area contributed by atoms with E-state index in [9.17, 15) is 14.9 Å². The van der Waals surface area contributed by atoms with Gasteiger partial charge in [-0.15, -0.1) is 0 Å². The summed E-state index contributed by atoms with van der Waals surface area (Å²) in [5.41, 5.74) is 3.01. The summed E-state index contributed by atoms with van der Waals surface area (Å²) in [6.45, 7) is 1.15. The summed E-state index contributed by atoms with van der Waals surface area (Å²) >= 11 is 0. The zero-order chi connectivity index (χ0) is 17.6. The Hall–Kier alpha value is -3.41. The molecule has 0 saturated heterocycles. The van der Waals surface area contributed by atoms with E-state index in [1.54, 1.807) is 35.0 Å². The van der Waals surface area contributed by atoms with Gasteiger partial charge in [-0.3, -0.25) is 14.9 Å². The number of benzene rings is 2. The van der Waals surface area contributed by atoms with Gasteiger partial charge in [0, 0.05) is 36.6 Å². The minimum Gasteiger partial charge on any atom is -0.381 e. The first kappa shape index (κ1) is 16.4. The largest absolute Gasteiger partial charge is 0.381 e. The lowest BCUT2D eigenvalue weighted by Crippen LogP contribution is -2.18. The molecule has 126 valence electrons. The van der Waals surface area contributed by atoms with E-state index in [-0.39, 0.29) is 11.2 Å². The second-order valence-corrected chi connectivity index (χ2v) is 5.64. The van der Waals surface area contributed by atoms with Gasteiger partial charge in [-0.2, -0.15) is 0 Å². The van der Waals surface area contributed by atoms with Crippen LogP contribution in [0.25, 0.3) is 0 Å². The summed E-state index contributed by atoms with van der Waals surface area (Å²) in [6, 6.07) is 19.4. The molecule has 0 saturated carbocycles. The maximum absolute atomic E-state index is 11.7. The summed E-state index contributed by atoms with van der Waals surface area (Å²) in [5.74, 6) is 0. The Bertz CT molecular complexity index is 916. The van der Waals surface area contributed by atoms with Crippen molar-refractivity contribution in [2.45, 2.75) is 13.1 Å². The fourth-order valence-corrected chi connectivity index (χ4v) is 2.46. The number of nitro benzene ring substituents is 1. The Kier molecular flexibility index (Phi) is 4.89. The minimum atomic E-state index is -0.416. The average molecular weight is 335 g/mol. The molecular weight excluding hydrogens is 318 g/mol. The number of anilines is 1. The predicted octanol–water partition coefficient (Wildman–Crippen LogP) is 3.42. The number of rotatable bonds is 6. The Balaban J connectivity index is 1.60. The number of hydrogen-bond acceptors (Lipinski definition) is 4. The second kappa shape index (κ2) is 7.44. The molecule has 0 aliphatic heterocycles. The molecule has 0 fully saturated rings. The van der Waals surface area contributed by atoms with Crippen molar-refractivity contribution in [2.75, 3.05) is 5.32 Å². The number of hydrogen-bond donors (Lipinski definition) is 1. The van der Waals surface area contributed by atoms with E-state index in [1.807, 2.05) is 30.3 Å². The average Bonchev–Trinajstić information content (AvgIpc) is 2.63. The molecule has 1 N–H and O–H groups in total. The maximum atomic E-state index is 11.7. The number of non-ortho nitro benzene ring substituents is 1. The van der Waals surface area contributed by atoms with Crippen molar-refractivity contribution in [1.82, 2.24) is 4.57 Å². The lowest BCUT2D eigenvalue weighted by Gasteiger charge is -2.08. The predicted molar refractivity (Wildman–Crippen MR) is 96.7 cm³/mol. The third kappa shape index (κ3) is 4.32. The van der Waals surface area contributed by atoms with Crippen LogP contribution in [0.3, 0.4) is 0 Å². The summed E-state index contributed by atoms with van der Waals surface area (Å²) in [5, 5.41) is 13.9. The molecule has 0 spiro atoms. The van der Waals surface area contributed by atoms with Gasteiger partial charge in [0.25, 0.3) is 11.2 Å². The zero-order valence-electron chi connectivity index (χ0n) is 13.5. The molecule has 6 nitrogen and oxygen atoms in total. The molecular formula is C19H17N3O3. The van der Waals surface area contributed by atoms with E-state index in [0.717, 1.165) is 16.8 Å². The molecule has 3 aromatic rings. The summed E-state index contributed by atoms with van der Waals surface area (Å²) < 4.78 is 1.66. The van der Waals surface area contributed by atoms with Crippen LogP contribution >= 0.6 is 0 Å². The van der Waals surface area contributed by atoms with E-state index in [4.69, 9.17) is 0 Å². The van der Waals surface area contributed by atoms with Crippen LogP contribution in [0.4, 0.5) is 11.4 Å². The van der Waals surface area contributed by atoms with Gasteiger partial charge in [0.15, 0.2) is 0 Å². The first-order chi connectivity index (χ1) is 12.1. The molecule has 1 heterocycles. The molecule has 3 rings (SSSR count). The summed E-state index contributed by atoms with van der Waals surface area (Å²) in [4.78, 5) is 22.0. The lowest BCUT2D eigenvalue weighted by atomic mass is 10.1. The first-order valence-electron chi connectivity index (χ1n) is 7.83. The van der Waals surface area contributed by atoms with Crippen LogP contribution in [0.1, 0.15) is 11.1 Å². The van der Waals surface area contributed by atoms with Crippen LogP contribution in [0, 0.1) is 10.1 Å². The summed E-state index contributed by atoms with van der Waals surface area (Å²) in [7, 11) is 0. The highest BCUT2D eigenvalue weighted by molar-refractivity contribution is 5.48. The second-order valence-electron chi connectivity index (χ2n) is 5.64. The van der Waals surface area contributed by atoms with Gasteiger partial charge in [-0.05, 0) is 29.3 Å². The molecule has 0 unspecified atom stereocenters. The number of nitro groups is 1. The van der Waals surface area contributed by atoms with Gasteiger partial charge in [-0.1, -0.05) is 30.3 Å². The van der Waals surface area contributed by atoms with Gasteiger partial charge in [0.05, 0.1) is 11.5 Å². The SMILES string of the molecule is O=c1ccccn1Cc1ccc(CNc2ccc([N+](=O)[O-])cc2)cc1. The van der Waals surface area contributed by atoms with Crippen molar-refractivity contribution >= 4 is 11.4 Å². The standard InChI is InChI=1S/C19H17N3O3/c23-19-3-1-2-12-21(19)14-16-6-4-15(5-7-16)13-20-17-8-10-18(11-9-17)22(24)25/h1-12,20H,13-14H2. The van der Waals surface area contributed by atoms with Crippen LogP contribution in [0.5, 0.6) is 0 Å². The highest BCUT2D eigenvalue weighted by Gasteiger charge is 2.03. The molecule has 2 aromatic carbocycles. The fraction of sp³-hybridized carbons (Fsp3) is 0.105. The molecule has 1 aromatic heterocycles. The third-order valence-corrected chi connectivity index (χ3v) is 3.85. The smallest absolute Gasteiger partial charge is 0.269 e. The normalized spacial score (nSPS) is 10.4. The summed E-state index contributed by atoms with van der Waals surface area (Å²) in [6.07, 6.45) is 1.77. The molecule has 0 radical (unpaired) electrons. The van der Waals surface area contributed by atoms with Crippen molar-refractivity contribution < 1.29 is 4.92 Å². The first-order valence-corrected chi connectivity index (χ1v) is 7.83. The van der Waals surface area contributed by atoms with Crippen molar-refractivity contribution in [3.8, 4) is 0 Å². The van der Waals surface area contributed by atoms with Gasteiger partial charge >= 0.3 is 0 Å². The Morgan fingerprint density at radius 3 is 2.24 bits per heavy atom. The van der Waals surface area contributed by atoms with Crippen molar-refractivity contribution in [1.29, 1.82) is 0 Å². The Morgan fingerprint density at radius 2 is 1.60 bits per heavy atom. The molecule has 0 bridgehead atoms. The minimum absolute atomic E-state index is 0.0218. The molecule has 0 aliphatic rings. The van der Waals surface area contributed by atoms with Gasteiger partial charge in [0.2, 0.25) is 0 Å². The number of nitrogens with zero attached hydrogens (tertiary/aromatic N) is 2. The van der Waals surface area contributed by atoms with Crippen molar-refractivity contribution in [3.05, 3.63) is 105 Å². The third-order valence-electron chi connectivity index (χ3n) is 3.85. The van der Waals surface area contributed by atoms with E-state index < -0.39 is 4.92 Å². The van der Waals surface area contributed by atoms with Gasteiger partial charge < -0.3 is 9.88 Å². The molecule has 25 heavy (non-hydrogen) atoms. The van der Waals surface area contributed by atoms with Crippen molar-refractivity contribution in [3.63, 3.8) is 0 Å². The van der Waals surface area contributed by atoms with E-state index in [2.05, 4.69) is 5.32 Å². The van der Waals surface area contributed by atoms with Crippen LogP contribution in [-0.4, -0.2) is 9.49 Å². The Morgan fingerprint density at radius 1 is 0.920 bits per heavy atom. The van der Waals surface area contributed by atoms with Gasteiger partial charge in [-0.25, -0.2) is 0 Å². The number of nitrogens with one attached hydrogen (secondary N) is 1. The van der Waals surface area contributed by atoms with E-state index in [1.165, 1.54) is 12.1 Å². The van der Waals surface area contributed by atoms with Crippen LogP contribution in [0.2, 0.25) is 0 Å². The van der Waals surface area contributed by atoms with Crippen molar-refractivity contribution in [2.24, 2.45) is 0 Å². The highest BCUT2D eigenvalue weighted by atomic mass is 16.6. The number of aromatic nitrogens is 1. The van der Waals surface area contributed by atoms with Crippen LogP contribution < -0.4 is 10.9 Å². The molecule has 6 heteroatoms. The maximum Gasteiger partial charge on any atom is 0.269 e.